The van der Waals surface area contributed by atoms with Crippen LogP contribution in [0.3, 0.4) is 0 Å². The lowest BCUT2D eigenvalue weighted by Crippen LogP contribution is -2.14. The van der Waals surface area contributed by atoms with Crippen LogP contribution in [0.25, 0.3) is 0 Å². The van der Waals surface area contributed by atoms with Crippen LogP contribution in [0.4, 0.5) is 4.39 Å². The molecule has 0 spiro atoms. The average molecular weight is 303 g/mol. The number of aryl methyl sites for hydroxylation is 1. The summed E-state index contributed by atoms with van der Waals surface area (Å²) in [6.45, 7) is 5.89. The molecule has 0 atom stereocenters. The molecule has 2 aromatic carbocycles. The zero-order valence-corrected chi connectivity index (χ0v) is 13.5. The lowest BCUT2D eigenvalue weighted by Gasteiger charge is -2.11. The Morgan fingerprint density at radius 2 is 1.95 bits per heavy atom. The topological polar surface area (TPSA) is 12.0 Å². The lowest BCUT2D eigenvalue weighted by atomic mass is 10.2. The second-order valence-corrected chi connectivity index (χ2v) is 6.17. The molecule has 3 heteroatoms. The van der Waals surface area contributed by atoms with Gasteiger partial charge in [-0.1, -0.05) is 48.9 Å². The first-order valence-electron chi connectivity index (χ1n) is 7.37. The molecular weight excluding hydrogens is 281 g/mol. The monoisotopic (exact) mass is 303 g/mol. The summed E-state index contributed by atoms with van der Waals surface area (Å²) in [7, 11) is 0. The van der Waals surface area contributed by atoms with Crippen molar-refractivity contribution in [3.63, 3.8) is 0 Å². The Balaban J connectivity index is 2.07. The van der Waals surface area contributed by atoms with Gasteiger partial charge in [-0.15, -0.1) is 11.8 Å². The second kappa shape index (κ2) is 8.20. The number of rotatable bonds is 7. The van der Waals surface area contributed by atoms with E-state index in [1.54, 1.807) is 23.9 Å². The Bertz CT molecular complexity index is 583. The fourth-order valence-corrected chi connectivity index (χ4v) is 3.23. The van der Waals surface area contributed by atoms with Gasteiger partial charge in [0.1, 0.15) is 5.82 Å². The Morgan fingerprint density at radius 3 is 2.71 bits per heavy atom. The van der Waals surface area contributed by atoms with Gasteiger partial charge >= 0.3 is 0 Å². The van der Waals surface area contributed by atoms with E-state index in [4.69, 9.17) is 0 Å². The summed E-state index contributed by atoms with van der Waals surface area (Å²) in [6, 6.07) is 13.7. The van der Waals surface area contributed by atoms with Crippen molar-refractivity contribution in [2.75, 3.05) is 6.54 Å². The molecular formula is C18H22FNS. The van der Waals surface area contributed by atoms with Crippen molar-refractivity contribution in [3.05, 3.63) is 65.0 Å². The zero-order chi connectivity index (χ0) is 15.1. The van der Waals surface area contributed by atoms with Gasteiger partial charge < -0.3 is 5.32 Å². The summed E-state index contributed by atoms with van der Waals surface area (Å²) in [4.78, 5) is 0.766. The molecule has 0 saturated carbocycles. The third kappa shape index (κ3) is 4.87. The largest absolute Gasteiger partial charge is 0.313 e. The van der Waals surface area contributed by atoms with Crippen molar-refractivity contribution in [3.8, 4) is 0 Å². The smallest absolute Gasteiger partial charge is 0.137 e. The van der Waals surface area contributed by atoms with E-state index in [-0.39, 0.29) is 5.82 Å². The molecule has 0 aliphatic carbocycles. The summed E-state index contributed by atoms with van der Waals surface area (Å²) in [5, 5.41) is 3.35. The van der Waals surface area contributed by atoms with E-state index in [0.29, 0.717) is 0 Å². The van der Waals surface area contributed by atoms with E-state index in [9.17, 15) is 4.39 Å². The molecule has 0 bridgehead atoms. The molecule has 0 aliphatic heterocycles. The molecule has 0 unspecified atom stereocenters. The van der Waals surface area contributed by atoms with Gasteiger partial charge in [-0.2, -0.15) is 0 Å². The molecule has 0 fully saturated rings. The van der Waals surface area contributed by atoms with Crippen LogP contribution in [0.1, 0.15) is 30.0 Å². The quantitative estimate of drug-likeness (QED) is 0.575. The normalized spacial score (nSPS) is 10.8. The predicted octanol–water partition coefficient (Wildman–Crippen LogP) is 4.93. The van der Waals surface area contributed by atoms with E-state index in [1.165, 1.54) is 11.1 Å². The van der Waals surface area contributed by atoms with Gasteiger partial charge in [0.05, 0.1) is 0 Å². The van der Waals surface area contributed by atoms with Crippen LogP contribution < -0.4 is 5.32 Å². The number of benzene rings is 2. The Labute approximate surface area is 131 Å². The highest BCUT2D eigenvalue weighted by Crippen LogP contribution is 2.29. The van der Waals surface area contributed by atoms with Gasteiger partial charge in [-0.05, 0) is 37.1 Å². The summed E-state index contributed by atoms with van der Waals surface area (Å²) in [5.41, 5.74) is 3.52. The minimum Gasteiger partial charge on any atom is -0.313 e. The van der Waals surface area contributed by atoms with Crippen molar-refractivity contribution < 1.29 is 4.39 Å². The van der Waals surface area contributed by atoms with Gasteiger partial charge in [0, 0.05) is 17.2 Å². The Kier molecular flexibility index (Phi) is 6.27. The van der Waals surface area contributed by atoms with Crippen LogP contribution in [0, 0.1) is 12.7 Å². The minimum atomic E-state index is -0.122. The first-order valence-corrected chi connectivity index (χ1v) is 8.35. The zero-order valence-electron chi connectivity index (χ0n) is 12.7. The molecule has 0 radical (unpaired) electrons. The molecule has 112 valence electrons. The summed E-state index contributed by atoms with van der Waals surface area (Å²) >= 11 is 1.58. The molecule has 0 aromatic heterocycles. The SMILES string of the molecule is CCCNCc1cccc(F)c1SCc1cccc(C)c1. The number of halogens is 1. The van der Waals surface area contributed by atoms with Crippen LogP contribution in [0.5, 0.6) is 0 Å². The van der Waals surface area contributed by atoms with Crippen LogP contribution in [0.2, 0.25) is 0 Å². The Morgan fingerprint density at radius 1 is 1.14 bits per heavy atom. The van der Waals surface area contributed by atoms with E-state index >= 15 is 0 Å². The molecule has 2 rings (SSSR count). The van der Waals surface area contributed by atoms with Gasteiger partial charge in [-0.3, -0.25) is 0 Å². The number of nitrogens with one attached hydrogen (secondary N) is 1. The van der Waals surface area contributed by atoms with E-state index < -0.39 is 0 Å². The number of thioether (sulfide) groups is 1. The predicted molar refractivity (Wildman–Crippen MR) is 89.1 cm³/mol. The van der Waals surface area contributed by atoms with Crippen molar-refractivity contribution in [2.24, 2.45) is 0 Å². The average Bonchev–Trinajstić information content (AvgIpc) is 2.47. The standard InChI is InChI=1S/C18H22FNS/c1-3-10-20-12-16-8-5-9-17(19)18(16)21-13-15-7-4-6-14(2)11-15/h4-9,11,20H,3,10,12-13H2,1-2H3. The van der Waals surface area contributed by atoms with Gasteiger partial charge in [-0.25, -0.2) is 4.39 Å². The summed E-state index contributed by atoms with van der Waals surface area (Å²) < 4.78 is 14.1. The first kappa shape index (κ1) is 16.1. The highest BCUT2D eigenvalue weighted by atomic mass is 32.2. The molecule has 1 N–H and O–H groups in total. The maximum Gasteiger partial charge on any atom is 0.137 e. The molecule has 0 heterocycles. The van der Waals surface area contributed by atoms with E-state index in [0.717, 1.165) is 35.7 Å². The lowest BCUT2D eigenvalue weighted by molar-refractivity contribution is 0.589. The van der Waals surface area contributed by atoms with Gasteiger partial charge in [0.25, 0.3) is 0 Å². The molecule has 1 nitrogen and oxygen atoms in total. The van der Waals surface area contributed by atoms with Crippen molar-refractivity contribution >= 4 is 11.8 Å². The fourth-order valence-electron chi connectivity index (χ4n) is 2.21. The van der Waals surface area contributed by atoms with Crippen LogP contribution >= 0.6 is 11.8 Å². The molecule has 21 heavy (non-hydrogen) atoms. The maximum absolute atomic E-state index is 14.1. The minimum absolute atomic E-state index is 0.122. The molecule has 0 amide bonds. The van der Waals surface area contributed by atoms with Crippen molar-refractivity contribution in [1.82, 2.24) is 5.32 Å². The Hall–Kier alpha value is -1.32. The van der Waals surface area contributed by atoms with Crippen molar-refractivity contribution in [2.45, 2.75) is 37.5 Å². The summed E-state index contributed by atoms with van der Waals surface area (Å²) in [5.74, 6) is 0.673. The van der Waals surface area contributed by atoms with Crippen LogP contribution in [0.15, 0.2) is 47.4 Å². The molecule has 0 saturated heterocycles. The van der Waals surface area contributed by atoms with Gasteiger partial charge in [0.2, 0.25) is 0 Å². The second-order valence-electron chi connectivity index (χ2n) is 5.18. The molecule has 0 aliphatic rings. The highest BCUT2D eigenvalue weighted by Gasteiger charge is 2.09. The number of hydrogen-bond donors (Lipinski definition) is 1. The highest BCUT2D eigenvalue weighted by molar-refractivity contribution is 7.98. The maximum atomic E-state index is 14.1. The van der Waals surface area contributed by atoms with Gasteiger partial charge in [0.15, 0.2) is 0 Å². The van der Waals surface area contributed by atoms with E-state index in [1.807, 2.05) is 6.07 Å². The van der Waals surface area contributed by atoms with Crippen molar-refractivity contribution in [1.29, 1.82) is 0 Å². The first-order chi connectivity index (χ1) is 10.2. The summed E-state index contributed by atoms with van der Waals surface area (Å²) in [6.07, 6.45) is 1.08. The third-order valence-electron chi connectivity index (χ3n) is 3.26. The van der Waals surface area contributed by atoms with Crippen LogP contribution in [-0.4, -0.2) is 6.54 Å². The van der Waals surface area contributed by atoms with E-state index in [2.05, 4.69) is 43.4 Å². The fraction of sp³-hybridized carbons (Fsp3) is 0.333. The number of hydrogen-bond acceptors (Lipinski definition) is 2. The van der Waals surface area contributed by atoms with Crippen LogP contribution in [-0.2, 0) is 12.3 Å². The third-order valence-corrected chi connectivity index (χ3v) is 4.48. The molecule has 2 aromatic rings.